The van der Waals surface area contributed by atoms with Crippen molar-refractivity contribution in [2.75, 3.05) is 0 Å². The molecule has 0 nitrogen and oxygen atoms in total. The molecule has 0 aromatic heterocycles. The molecule has 336 valence electrons. The van der Waals surface area contributed by atoms with Crippen molar-refractivity contribution in [1.29, 1.82) is 0 Å². The average Bonchev–Trinajstić information content (AvgIpc) is 3.49. The van der Waals surface area contributed by atoms with Crippen LogP contribution >= 0.6 is 0 Å². The molecule has 3 aromatic carbocycles. The van der Waals surface area contributed by atoms with Crippen molar-refractivity contribution in [3.05, 3.63) is 141 Å². The molecular formula is C62H88. The molecule has 0 aliphatic heterocycles. The van der Waals surface area contributed by atoms with Gasteiger partial charge in [0.15, 0.2) is 0 Å². The standard InChI is InChI=1S/C62H88/c1-17-21-23-25-39-62(40-26-24-22-18-2)58-42-50(33-35-55(58)56-36-34-51(43-59(56)62)61(14,15)16)45(7)30-32-49(27-19-3)53-38-37-52(46(8)29-31-48(10)60(11,12)13)57(54(53)28-20-4)41-47(9)44(5)6/h29-38,41-43H,5,17-28,39-40H2,1-4,6-16H3/b45-30+,46-29+,47-41-,48-31+,49-32+. The monoisotopic (exact) mass is 833 g/mol. The maximum absolute atomic E-state index is 4.34. The van der Waals surface area contributed by atoms with Gasteiger partial charge < -0.3 is 0 Å². The molecule has 0 saturated carbocycles. The Balaban J connectivity index is 1.92. The molecule has 0 bridgehead atoms. The summed E-state index contributed by atoms with van der Waals surface area (Å²) in [4.78, 5) is 0. The van der Waals surface area contributed by atoms with E-state index in [9.17, 15) is 0 Å². The number of rotatable bonds is 21. The molecule has 0 heteroatoms. The fourth-order valence-corrected chi connectivity index (χ4v) is 9.40. The summed E-state index contributed by atoms with van der Waals surface area (Å²) in [5, 5.41) is 0. The third-order valence-corrected chi connectivity index (χ3v) is 14.1. The van der Waals surface area contributed by atoms with Crippen LogP contribution in [0.5, 0.6) is 0 Å². The Hall–Kier alpha value is -3.90. The van der Waals surface area contributed by atoms with Gasteiger partial charge in [0.25, 0.3) is 0 Å². The SMILES string of the molecule is C=C(C)/C(C)=C\c1c(/C(C)=C/C=C(\C)C(C)(C)C)ccc(/C(=C/C=C(\C)c2ccc3c(c2)C(CCCCCC)(CCCCCC)c2cc(C(C)(C)C)ccc2-3)CCC)c1CCC. The first-order chi connectivity index (χ1) is 29.3. The smallest absolute Gasteiger partial charge is 0.0215 e. The molecule has 1 aliphatic rings. The molecule has 0 spiro atoms. The number of benzene rings is 3. The van der Waals surface area contributed by atoms with E-state index in [1.807, 2.05) is 0 Å². The van der Waals surface area contributed by atoms with Crippen molar-refractivity contribution in [2.45, 2.75) is 205 Å². The highest BCUT2D eigenvalue weighted by atomic mass is 14.5. The van der Waals surface area contributed by atoms with Crippen LogP contribution in [0.15, 0.2) is 96.1 Å². The third kappa shape index (κ3) is 12.4. The minimum Gasteiger partial charge on any atom is -0.0958 e. The second kappa shape index (κ2) is 22.6. The lowest BCUT2D eigenvalue weighted by atomic mass is 9.69. The fourth-order valence-electron chi connectivity index (χ4n) is 9.40. The van der Waals surface area contributed by atoms with Crippen molar-refractivity contribution in [3.8, 4) is 11.1 Å². The van der Waals surface area contributed by atoms with E-state index in [0.717, 1.165) is 31.3 Å². The molecule has 1 aliphatic carbocycles. The molecule has 0 radical (unpaired) electrons. The molecule has 0 heterocycles. The second-order valence-corrected chi connectivity index (χ2v) is 21.1. The lowest BCUT2D eigenvalue weighted by molar-refractivity contribution is 0.400. The van der Waals surface area contributed by atoms with Crippen LogP contribution in [-0.4, -0.2) is 0 Å². The van der Waals surface area contributed by atoms with Gasteiger partial charge in [-0.05, 0) is 155 Å². The van der Waals surface area contributed by atoms with E-state index in [-0.39, 0.29) is 16.2 Å². The zero-order valence-corrected chi connectivity index (χ0v) is 42.6. The third-order valence-electron chi connectivity index (χ3n) is 14.1. The summed E-state index contributed by atoms with van der Waals surface area (Å²) in [5.41, 5.74) is 22.6. The second-order valence-electron chi connectivity index (χ2n) is 21.1. The van der Waals surface area contributed by atoms with Gasteiger partial charge >= 0.3 is 0 Å². The van der Waals surface area contributed by atoms with Gasteiger partial charge in [-0.25, -0.2) is 0 Å². The van der Waals surface area contributed by atoms with Crippen molar-refractivity contribution in [1.82, 2.24) is 0 Å². The van der Waals surface area contributed by atoms with E-state index in [1.54, 1.807) is 11.1 Å². The topological polar surface area (TPSA) is 0 Å². The van der Waals surface area contributed by atoms with E-state index in [0.29, 0.717) is 0 Å². The Morgan fingerprint density at radius 3 is 1.73 bits per heavy atom. The van der Waals surface area contributed by atoms with Gasteiger partial charge in [-0.2, -0.15) is 0 Å². The average molecular weight is 833 g/mol. The zero-order chi connectivity index (χ0) is 45.8. The van der Waals surface area contributed by atoms with Crippen molar-refractivity contribution in [3.63, 3.8) is 0 Å². The molecule has 0 saturated heterocycles. The predicted octanol–water partition coefficient (Wildman–Crippen LogP) is 19.8. The van der Waals surface area contributed by atoms with Crippen LogP contribution in [0, 0.1) is 5.41 Å². The highest BCUT2D eigenvalue weighted by Crippen LogP contribution is 2.55. The molecule has 4 rings (SSSR count). The summed E-state index contributed by atoms with van der Waals surface area (Å²) < 4.78 is 0. The highest BCUT2D eigenvalue weighted by molar-refractivity contribution is 5.85. The van der Waals surface area contributed by atoms with Crippen LogP contribution in [0.3, 0.4) is 0 Å². The Morgan fingerprint density at radius 1 is 0.597 bits per heavy atom. The number of hydrogen-bond donors (Lipinski definition) is 0. The van der Waals surface area contributed by atoms with Crippen molar-refractivity contribution in [2.24, 2.45) is 5.41 Å². The van der Waals surface area contributed by atoms with E-state index < -0.39 is 0 Å². The lowest BCUT2D eigenvalue weighted by Gasteiger charge is -2.34. The zero-order valence-electron chi connectivity index (χ0n) is 42.6. The molecule has 0 unspecified atom stereocenters. The number of allylic oxidation sites excluding steroid dienone is 10. The Labute approximate surface area is 382 Å². The Kier molecular flexibility index (Phi) is 18.5. The van der Waals surface area contributed by atoms with Crippen molar-refractivity contribution >= 4 is 22.8 Å². The van der Waals surface area contributed by atoms with Crippen LogP contribution in [0.25, 0.3) is 33.9 Å². The summed E-state index contributed by atoms with van der Waals surface area (Å²) in [6.45, 7) is 38.9. The molecule has 0 atom stereocenters. The van der Waals surface area contributed by atoms with Crippen LogP contribution < -0.4 is 0 Å². The summed E-state index contributed by atoms with van der Waals surface area (Å²) >= 11 is 0. The summed E-state index contributed by atoms with van der Waals surface area (Å²) in [6.07, 6.45) is 29.1. The van der Waals surface area contributed by atoms with Crippen molar-refractivity contribution < 1.29 is 0 Å². The van der Waals surface area contributed by atoms with E-state index in [1.165, 1.54) is 137 Å². The molecular weight excluding hydrogens is 745 g/mol. The Morgan fingerprint density at radius 2 is 1.18 bits per heavy atom. The predicted molar refractivity (Wildman–Crippen MR) is 281 cm³/mol. The van der Waals surface area contributed by atoms with Gasteiger partial charge in [-0.15, -0.1) is 0 Å². The summed E-state index contributed by atoms with van der Waals surface area (Å²) in [7, 11) is 0. The Bertz CT molecular complexity index is 2140. The quantitative estimate of drug-likeness (QED) is 0.0741. The first kappa shape index (κ1) is 50.7. The summed E-state index contributed by atoms with van der Waals surface area (Å²) in [5.74, 6) is 0. The molecule has 62 heavy (non-hydrogen) atoms. The van der Waals surface area contributed by atoms with Crippen LogP contribution in [0.1, 0.15) is 232 Å². The first-order valence-electron chi connectivity index (χ1n) is 24.9. The van der Waals surface area contributed by atoms with E-state index >= 15 is 0 Å². The van der Waals surface area contributed by atoms with Gasteiger partial charge in [0.2, 0.25) is 0 Å². The van der Waals surface area contributed by atoms with Gasteiger partial charge in [-0.3, -0.25) is 0 Å². The van der Waals surface area contributed by atoms with Gasteiger partial charge in [0.1, 0.15) is 0 Å². The van der Waals surface area contributed by atoms with E-state index in [2.05, 4.69) is 189 Å². The normalized spacial score (nSPS) is 15.0. The van der Waals surface area contributed by atoms with Crippen LogP contribution in [0.2, 0.25) is 0 Å². The molecule has 3 aromatic rings. The van der Waals surface area contributed by atoms with Gasteiger partial charge in [0, 0.05) is 5.41 Å². The maximum atomic E-state index is 4.34. The fraction of sp³-hybridized carbons (Fsp3) is 0.516. The minimum absolute atomic E-state index is 0.0589. The summed E-state index contributed by atoms with van der Waals surface area (Å²) in [6, 6.07) is 19.8. The van der Waals surface area contributed by atoms with E-state index in [4.69, 9.17) is 0 Å². The van der Waals surface area contributed by atoms with Gasteiger partial charge in [0.05, 0.1) is 0 Å². The maximum Gasteiger partial charge on any atom is 0.0215 e. The molecule has 0 amide bonds. The molecule has 0 N–H and O–H groups in total. The number of unbranched alkanes of at least 4 members (excludes halogenated alkanes) is 6. The first-order valence-corrected chi connectivity index (χ1v) is 24.9. The van der Waals surface area contributed by atoms with Crippen LogP contribution in [0.4, 0.5) is 0 Å². The van der Waals surface area contributed by atoms with Gasteiger partial charge in [-0.1, -0.05) is 224 Å². The largest absolute Gasteiger partial charge is 0.0958 e. The lowest BCUT2D eigenvalue weighted by Crippen LogP contribution is -2.26. The highest BCUT2D eigenvalue weighted by Gasteiger charge is 2.43. The number of fused-ring (bicyclic) bond motifs is 3. The minimum atomic E-state index is 0.0589. The molecule has 0 fully saturated rings. The number of hydrogen-bond acceptors (Lipinski definition) is 0. The van der Waals surface area contributed by atoms with Crippen LogP contribution in [-0.2, 0) is 17.3 Å².